The van der Waals surface area contributed by atoms with Gasteiger partial charge in [-0.15, -0.1) is 0 Å². The van der Waals surface area contributed by atoms with Crippen molar-refractivity contribution < 1.29 is 30.8 Å². The van der Waals surface area contributed by atoms with Gasteiger partial charge in [0, 0.05) is 37.7 Å². The molecule has 0 aliphatic heterocycles. The van der Waals surface area contributed by atoms with Crippen LogP contribution in [0.4, 0.5) is 0 Å². The first-order chi connectivity index (χ1) is 56.5. The highest BCUT2D eigenvalue weighted by Crippen LogP contribution is 2.53. The molecule has 0 radical (unpaired) electrons. The third kappa shape index (κ3) is 9.26. The quantitative estimate of drug-likeness (QED) is 0.149. The van der Waals surface area contributed by atoms with Gasteiger partial charge in [0.1, 0.15) is 22.3 Å². The van der Waals surface area contributed by atoms with Crippen LogP contribution in [0, 0.1) is 0 Å². The summed E-state index contributed by atoms with van der Waals surface area (Å²) in [5.74, 6) is 0. The number of benzene rings is 18. The smallest absolute Gasteiger partial charge is 0.143 e. The number of rotatable bonds is 7. The Labute approximate surface area is 607 Å². The van der Waals surface area contributed by atoms with Gasteiger partial charge in [-0.05, 0) is 184 Å². The highest BCUT2D eigenvalue weighted by atomic mass is 16.3. The van der Waals surface area contributed by atoms with Crippen LogP contribution in [-0.4, -0.2) is 0 Å². The zero-order valence-corrected chi connectivity index (χ0v) is 54.6. The average Bonchev–Trinajstić information content (AvgIpc) is 1.61. The van der Waals surface area contributed by atoms with Crippen LogP contribution in [0.15, 0.2) is 360 Å². The van der Waals surface area contributed by atoms with Crippen molar-refractivity contribution in [2.45, 2.75) is 19.3 Å². The zero-order valence-electron chi connectivity index (χ0n) is 70.6. The Morgan fingerprint density at radius 1 is 0.238 bits per heavy atom. The molecule has 0 unspecified atom stereocenters. The number of fused-ring (bicyclic) bond motifs is 17. The normalized spacial score (nSPS) is 14.8. The van der Waals surface area contributed by atoms with E-state index >= 15 is 0 Å². The summed E-state index contributed by atoms with van der Waals surface area (Å²) in [6.07, 6.45) is 0. The van der Waals surface area contributed by atoms with Crippen LogP contribution >= 0.6 is 0 Å². The SMILES string of the molecule is [2H]c1c([2H])c([2H])c2c(-c3ccc(-c4cccc5oc6c7ccccc7ccc6c45)cc3)c3c([2H])c([2H])c([2H])c([2H])c3c(-c3ccc(-c4ccccc4)cc3)c2c1[2H].[2H]c1c([2H])c([2H])c2c(-c3ccc4c(c3)C(C)(C)c3ccccc3-4)c3c([2H])c([2H])c([2H])c([2H])c3c(-c3ccc(-c4cccc5oc6c7ccccc7ccc6c45)cc3)c2c1[2H]. The third-order valence-corrected chi connectivity index (χ3v) is 20.6. The first-order valence-corrected chi connectivity index (χ1v) is 33.7. The summed E-state index contributed by atoms with van der Waals surface area (Å²) < 4.78 is 158. The first kappa shape index (κ1) is 44.1. The van der Waals surface area contributed by atoms with Crippen LogP contribution in [0.1, 0.15) is 46.9 Å². The van der Waals surface area contributed by atoms with Gasteiger partial charge in [0.2, 0.25) is 0 Å². The van der Waals surface area contributed by atoms with E-state index in [1.807, 2.05) is 194 Å². The largest absolute Gasteiger partial charge is 0.455 e. The molecule has 0 N–H and O–H groups in total. The molecule has 18 aromatic carbocycles. The molecule has 1 aliphatic carbocycles. The Bertz CT molecular complexity index is 7600. The molecular weight excluding hydrogens is 1220 g/mol. The van der Waals surface area contributed by atoms with Crippen molar-refractivity contribution in [2.24, 2.45) is 0 Å². The van der Waals surface area contributed by atoms with Crippen molar-refractivity contribution in [3.63, 3.8) is 0 Å². The Hall–Kier alpha value is -12.9. The molecule has 1 aliphatic rings. The molecule has 472 valence electrons. The van der Waals surface area contributed by atoms with Gasteiger partial charge in [0.15, 0.2) is 0 Å². The molecule has 21 rings (SSSR count). The second kappa shape index (κ2) is 23.1. The standard InChI is InChI=1S/C51H34O.C48H30O/c1-51(2)44-20-10-9-14-37(44)38-28-27-34(30-45(38)51)48-41-17-7-5-15-39(41)47(40-16-6-8-18-42(40)48)33-24-22-32(23-25-33)35-19-11-21-46-49(35)43-29-26-31-12-3-4-13-36(31)50(43)52-46;1-2-11-31(12-3-1)32-21-25-35(26-22-32)45-39-15-6-8-17-41(39)46(42-18-9-7-16-40(42)45)36-27-23-34(24-28-36)37-19-10-20-44-47(37)43-30-29-33-13-4-5-14-38(33)48(43)49-44/h3-30H,1-2H3;1-30H/i5D,6D,7D,8D,15D,16D,17D,18D;6D,7D,8D,9D,15D,16D,17D,18D. The molecule has 0 saturated heterocycles. The Balaban J connectivity index is 0.000000151. The van der Waals surface area contributed by atoms with Crippen molar-refractivity contribution in [1.29, 1.82) is 0 Å². The van der Waals surface area contributed by atoms with Crippen molar-refractivity contribution in [3.8, 4) is 89.0 Å². The number of hydrogen-bond donors (Lipinski definition) is 0. The summed E-state index contributed by atoms with van der Waals surface area (Å²) in [6, 6.07) is 77.6. The lowest BCUT2D eigenvalue weighted by molar-refractivity contribution is 0.660. The Morgan fingerprint density at radius 3 is 1.02 bits per heavy atom. The van der Waals surface area contributed by atoms with Gasteiger partial charge in [0.25, 0.3) is 0 Å². The lowest BCUT2D eigenvalue weighted by atomic mass is 9.80. The van der Waals surface area contributed by atoms with Crippen molar-refractivity contribution >= 4 is 109 Å². The van der Waals surface area contributed by atoms with Gasteiger partial charge in [-0.2, -0.15) is 0 Å². The average molecular weight is 1300 g/mol. The number of furan rings is 2. The maximum absolute atomic E-state index is 9.44. The van der Waals surface area contributed by atoms with Crippen LogP contribution in [0.5, 0.6) is 0 Å². The second-order valence-electron chi connectivity index (χ2n) is 26.4. The zero-order chi connectivity index (χ0) is 80.8. The van der Waals surface area contributed by atoms with Crippen LogP contribution in [0.2, 0.25) is 0 Å². The predicted octanol–water partition coefficient (Wildman–Crippen LogP) is 28.1. The van der Waals surface area contributed by atoms with Gasteiger partial charge in [-0.1, -0.05) is 335 Å². The van der Waals surface area contributed by atoms with Crippen molar-refractivity contribution in [2.75, 3.05) is 0 Å². The van der Waals surface area contributed by atoms with Gasteiger partial charge in [0.05, 0.1) is 21.9 Å². The monoisotopic (exact) mass is 1300 g/mol. The van der Waals surface area contributed by atoms with Crippen LogP contribution in [0.25, 0.3) is 198 Å². The maximum atomic E-state index is 9.44. The van der Waals surface area contributed by atoms with E-state index in [-0.39, 0.29) is 91.4 Å². The maximum Gasteiger partial charge on any atom is 0.143 e. The fraction of sp³-hybridized carbons (Fsp3) is 0.0303. The number of hydrogen-bond acceptors (Lipinski definition) is 2. The molecule has 0 saturated carbocycles. The molecule has 0 fully saturated rings. The summed E-state index contributed by atoms with van der Waals surface area (Å²) >= 11 is 0. The van der Waals surface area contributed by atoms with Crippen molar-refractivity contribution in [3.05, 3.63) is 363 Å². The van der Waals surface area contributed by atoms with E-state index < -0.39 is 53.8 Å². The molecular formula is C99H64O2. The van der Waals surface area contributed by atoms with E-state index in [1.54, 1.807) is 0 Å². The van der Waals surface area contributed by atoms with E-state index in [0.29, 0.717) is 44.5 Å². The van der Waals surface area contributed by atoms with E-state index in [0.717, 1.165) is 115 Å². The summed E-state index contributed by atoms with van der Waals surface area (Å²) in [5, 5.41) is 9.66. The Morgan fingerprint density at radius 2 is 0.574 bits per heavy atom. The van der Waals surface area contributed by atoms with Gasteiger partial charge >= 0.3 is 0 Å². The summed E-state index contributed by atoms with van der Waals surface area (Å²) in [7, 11) is 0. The minimum absolute atomic E-state index is 0.184. The molecule has 2 heteroatoms. The molecule has 0 amide bonds. The molecule has 20 aromatic rings. The minimum Gasteiger partial charge on any atom is -0.455 e. The van der Waals surface area contributed by atoms with E-state index in [2.05, 4.69) is 74.5 Å². The van der Waals surface area contributed by atoms with Crippen LogP contribution < -0.4 is 0 Å². The fourth-order valence-corrected chi connectivity index (χ4v) is 15.9. The summed E-state index contributed by atoms with van der Waals surface area (Å²) in [6.45, 7) is 4.31. The molecule has 2 nitrogen and oxygen atoms in total. The van der Waals surface area contributed by atoms with Gasteiger partial charge in [-0.25, -0.2) is 0 Å². The molecule has 2 aromatic heterocycles. The van der Waals surface area contributed by atoms with E-state index in [9.17, 15) is 11.0 Å². The first-order valence-electron chi connectivity index (χ1n) is 41.7. The topological polar surface area (TPSA) is 26.3 Å². The highest BCUT2D eigenvalue weighted by molar-refractivity contribution is 6.25. The molecule has 2 heterocycles. The predicted molar refractivity (Wildman–Crippen MR) is 428 cm³/mol. The lowest BCUT2D eigenvalue weighted by Crippen LogP contribution is -2.14. The second-order valence-corrected chi connectivity index (χ2v) is 26.4. The van der Waals surface area contributed by atoms with Gasteiger partial charge < -0.3 is 8.83 Å². The van der Waals surface area contributed by atoms with E-state index in [4.69, 9.17) is 19.8 Å². The highest BCUT2D eigenvalue weighted by Gasteiger charge is 2.36. The lowest BCUT2D eigenvalue weighted by Gasteiger charge is -2.23. The van der Waals surface area contributed by atoms with Gasteiger partial charge in [-0.3, -0.25) is 0 Å². The molecule has 0 atom stereocenters. The summed E-state index contributed by atoms with van der Waals surface area (Å²) in [4.78, 5) is 0. The van der Waals surface area contributed by atoms with Crippen LogP contribution in [0.3, 0.4) is 0 Å². The Kier molecular flexibility index (Phi) is 10.1. The summed E-state index contributed by atoms with van der Waals surface area (Å²) in [5.41, 5.74) is 16.3. The van der Waals surface area contributed by atoms with Crippen molar-refractivity contribution in [1.82, 2.24) is 0 Å². The molecule has 0 bridgehead atoms. The molecule has 101 heavy (non-hydrogen) atoms. The third-order valence-electron chi connectivity index (χ3n) is 20.6. The minimum atomic E-state index is -0.429. The van der Waals surface area contributed by atoms with E-state index in [1.165, 1.54) is 5.56 Å². The molecule has 0 spiro atoms. The fourth-order valence-electron chi connectivity index (χ4n) is 15.9. The van der Waals surface area contributed by atoms with Crippen LogP contribution in [-0.2, 0) is 5.41 Å².